The maximum Gasteiger partial charge on any atom is 0.191 e. The van der Waals surface area contributed by atoms with E-state index >= 15 is 0 Å². The average Bonchev–Trinajstić information content (AvgIpc) is 3.47. The second-order valence-electron chi connectivity index (χ2n) is 6.86. The van der Waals surface area contributed by atoms with Crippen LogP contribution < -0.4 is 20.1 Å². The minimum absolute atomic E-state index is 0. The van der Waals surface area contributed by atoms with Gasteiger partial charge in [-0.25, -0.2) is 4.99 Å². The second kappa shape index (κ2) is 12.3. The summed E-state index contributed by atoms with van der Waals surface area (Å²) >= 11 is 0. The normalized spacial score (nSPS) is 14.1. The van der Waals surface area contributed by atoms with E-state index in [0.717, 1.165) is 48.7 Å². The van der Waals surface area contributed by atoms with Gasteiger partial charge >= 0.3 is 0 Å². The number of nitrogens with zero attached hydrogens (tertiary/aromatic N) is 2. The van der Waals surface area contributed by atoms with Crippen LogP contribution in [0.15, 0.2) is 23.2 Å². The molecular formula is C20H35IN4O2. The fraction of sp³-hybridized carbons (Fsp3) is 0.650. The minimum atomic E-state index is 0. The Morgan fingerprint density at radius 1 is 1.22 bits per heavy atom. The van der Waals surface area contributed by atoms with Gasteiger partial charge in [-0.15, -0.1) is 24.0 Å². The lowest BCUT2D eigenvalue weighted by atomic mass is 10.2. The quantitative estimate of drug-likeness (QED) is 0.300. The molecule has 0 heterocycles. The second-order valence-corrected chi connectivity index (χ2v) is 6.86. The van der Waals surface area contributed by atoms with E-state index in [2.05, 4.69) is 36.3 Å². The average molecular weight is 490 g/mol. The first kappa shape index (κ1) is 23.8. The molecule has 0 aromatic heterocycles. The van der Waals surface area contributed by atoms with Crippen molar-refractivity contribution in [3.63, 3.8) is 0 Å². The van der Waals surface area contributed by atoms with Gasteiger partial charge in [-0.3, -0.25) is 4.90 Å². The number of ether oxygens (including phenoxy) is 2. The lowest BCUT2D eigenvalue weighted by molar-refractivity contribution is 0.215. The van der Waals surface area contributed by atoms with E-state index in [4.69, 9.17) is 14.5 Å². The van der Waals surface area contributed by atoms with E-state index in [1.54, 1.807) is 14.2 Å². The molecule has 1 saturated carbocycles. The van der Waals surface area contributed by atoms with Crippen molar-refractivity contribution >= 4 is 29.9 Å². The number of aliphatic imine (C=N–C) groups is 1. The summed E-state index contributed by atoms with van der Waals surface area (Å²) in [5.74, 6) is 2.42. The van der Waals surface area contributed by atoms with Gasteiger partial charge in [0.15, 0.2) is 5.96 Å². The van der Waals surface area contributed by atoms with Crippen molar-refractivity contribution in [1.82, 2.24) is 15.5 Å². The first-order chi connectivity index (χ1) is 12.6. The molecule has 6 nitrogen and oxygen atoms in total. The van der Waals surface area contributed by atoms with Crippen LogP contribution >= 0.6 is 24.0 Å². The summed E-state index contributed by atoms with van der Waals surface area (Å²) in [4.78, 5) is 7.28. The van der Waals surface area contributed by atoms with Crippen molar-refractivity contribution in [2.45, 2.75) is 52.2 Å². The van der Waals surface area contributed by atoms with E-state index in [0.29, 0.717) is 12.6 Å². The standard InChI is InChI=1S/C20H34N4O2.HI/c1-6-21-20(22-11-12-24(15(2)3)17-8-9-17)23-14-16-7-10-18(25-4)13-19(16)26-5;/h7,10,13,15,17H,6,8-9,11-12,14H2,1-5H3,(H2,21,22,23);1H. The van der Waals surface area contributed by atoms with Crippen LogP contribution in [0.5, 0.6) is 11.5 Å². The Labute approximate surface area is 181 Å². The molecule has 0 aliphatic heterocycles. The Morgan fingerprint density at radius 2 is 1.96 bits per heavy atom. The Hall–Kier alpha value is -1.22. The molecular weight excluding hydrogens is 455 g/mol. The minimum Gasteiger partial charge on any atom is -0.497 e. The molecule has 1 aromatic carbocycles. The molecule has 0 unspecified atom stereocenters. The fourth-order valence-electron chi connectivity index (χ4n) is 3.06. The predicted molar refractivity (Wildman–Crippen MR) is 123 cm³/mol. The smallest absolute Gasteiger partial charge is 0.191 e. The van der Waals surface area contributed by atoms with E-state index in [-0.39, 0.29) is 24.0 Å². The highest BCUT2D eigenvalue weighted by Crippen LogP contribution is 2.28. The number of guanidine groups is 1. The van der Waals surface area contributed by atoms with E-state index < -0.39 is 0 Å². The first-order valence-electron chi connectivity index (χ1n) is 9.57. The van der Waals surface area contributed by atoms with Crippen molar-refractivity contribution < 1.29 is 9.47 Å². The molecule has 2 N–H and O–H groups in total. The maximum absolute atomic E-state index is 5.46. The Balaban J connectivity index is 0.00000364. The van der Waals surface area contributed by atoms with E-state index in [1.165, 1.54) is 12.8 Å². The highest BCUT2D eigenvalue weighted by atomic mass is 127. The van der Waals surface area contributed by atoms with E-state index in [1.807, 2.05) is 18.2 Å². The fourth-order valence-corrected chi connectivity index (χ4v) is 3.06. The molecule has 1 fully saturated rings. The summed E-state index contributed by atoms with van der Waals surface area (Å²) in [6, 6.07) is 7.19. The van der Waals surface area contributed by atoms with Crippen LogP contribution in [0, 0.1) is 0 Å². The molecule has 2 rings (SSSR count). The molecule has 0 bridgehead atoms. The molecule has 0 amide bonds. The predicted octanol–water partition coefficient (Wildman–Crippen LogP) is 3.25. The van der Waals surface area contributed by atoms with Crippen LogP contribution in [0.3, 0.4) is 0 Å². The van der Waals surface area contributed by atoms with Crippen molar-refractivity contribution in [3.8, 4) is 11.5 Å². The van der Waals surface area contributed by atoms with Crippen molar-refractivity contribution in [2.75, 3.05) is 33.9 Å². The molecule has 0 radical (unpaired) electrons. The van der Waals surface area contributed by atoms with Gasteiger partial charge in [0.25, 0.3) is 0 Å². The van der Waals surface area contributed by atoms with Crippen LogP contribution in [-0.2, 0) is 6.54 Å². The maximum atomic E-state index is 5.46. The summed E-state index contributed by atoms with van der Waals surface area (Å²) in [5, 5.41) is 6.77. The topological polar surface area (TPSA) is 58.1 Å². The van der Waals surface area contributed by atoms with Gasteiger partial charge in [0, 0.05) is 43.3 Å². The number of benzene rings is 1. The summed E-state index contributed by atoms with van der Waals surface area (Å²) in [5.41, 5.74) is 1.03. The molecule has 0 atom stereocenters. The Morgan fingerprint density at radius 3 is 2.52 bits per heavy atom. The van der Waals surface area contributed by atoms with Gasteiger partial charge in [-0.05, 0) is 45.7 Å². The van der Waals surface area contributed by atoms with Crippen LogP contribution in [0.1, 0.15) is 39.2 Å². The third-order valence-corrected chi connectivity index (χ3v) is 4.59. The summed E-state index contributed by atoms with van der Waals surface area (Å²) in [6.07, 6.45) is 2.67. The Bertz CT molecular complexity index is 589. The number of nitrogens with one attached hydrogen (secondary N) is 2. The molecule has 1 aliphatic rings. The van der Waals surface area contributed by atoms with Crippen molar-refractivity contribution in [3.05, 3.63) is 23.8 Å². The highest BCUT2D eigenvalue weighted by Gasteiger charge is 2.30. The lowest BCUT2D eigenvalue weighted by Crippen LogP contribution is -2.43. The van der Waals surface area contributed by atoms with Crippen LogP contribution in [-0.4, -0.2) is 56.8 Å². The largest absolute Gasteiger partial charge is 0.497 e. The zero-order valence-electron chi connectivity index (χ0n) is 17.2. The molecule has 0 saturated heterocycles. The summed E-state index contributed by atoms with van der Waals surface area (Å²) < 4.78 is 10.7. The SMILES string of the molecule is CCNC(=NCc1ccc(OC)cc1OC)NCCN(C(C)C)C1CC1.I. The van der Waals surface area contributed by atoms with Gasteiger partial charge in [0.1, 0.15) is 11.5 Å². The van der Waals surface area contributed by atoms with Crippen LogP contribution in [0.25, 0.3) is 0 Å². The lowest BCUT2D eigenvalue weighted by Gasteiger charge is -2.26. The van der Waals surface area contributed by atoms with Gasteiger partial charge in [-0.1, -0.05) is 0 Å². The molecule has 0 spiro atoms. The third-order valence-electron chi connectivity index (χ3n) is 4.59. The molecule has 154 valence electrons. The Kier molecular flexibility index (Phi) is 10.8. The van der Waals surface area contributed by atoms with E-state index in [9.17, 15) is 0 Å². The number of hydrogen-bond donors (Lipinski definition) is 2. The van der Waals surface area contributed by atoms with Crippen molar-refractivity contribution in [1.29, 1.82) is 0 Å². The number of methoxy groups -OCH3 is 2. The molecule has 27 heavy (non-hydrogen) atoms. The summed E-state index contributed by atoms with van der Waals surface area (Å²) in [7, 11) is 3.33. The van der Waals surface area contributed by atoms with Crippen LogP contribution in [0.2, 0.25) is 0 Å². The molecule has 7 heteroatoms. The zero-order valence-corrected chi connectivity index (χ0v) is 19.6. The molecule has 1 aliphatic carbocycles. The highest BCUT2D eigenvalue weighted by molar-refractivity contribution is 14.0. The monoisotopic (exact) mass is 490 g/mol. The number of halogens is 1. The number of hydrogen-bond acceptors (Lipinski definition) is 4. The number of rotatable bonds is 10. The van der Waals surface area contributed by atoms with Gasteiger partial charge < -0.3 is 20.1 Å². The van der Waals surface area contributed by atoms with Crippen molar-refractivity contribution in [2.24, 2.45) is 4.99 Å². The van der Waals surface area contributed by atoms with Gasteiger partial charge in [0.05, 0.1) is 20.8 Å². The summed E-state index contributed by atoms with van der Waals surface area (Å²) in [6.45, 7) is 9.94. The van der Waals surface area contributed by atoms with Crippen LogP contribution in [0.4, 0.5) is 0 Å². The third kappa shape index (κ3) is 7.73. The van der Waals surface area contributed by atoms with Gasteiger partial charge in [0.2, 0.25) is 0 Å². The molecule has 1 aromatic rings. The van der Waals surface area contributed by atoms with Gasteiger partial charge in [-0.2, -0.15) is 0 Å². The zero-order chi connectivity index (χ0) is 18.9. The first-order valence-corrected chi connectivity index (χ1v) is 9.57.